The number of anilines is 1. The van der Waals surface area contributed by atoms with Crippen LogP contribution in [-0.4, -0.2) is 35.3 Å². The van der Waals surface area contributed by atoms with E-state index in [1.807, 2.05) is 61.5 Å². The number of carbonyl (C=O) groups is 1. The van der Waals surface area contributed by atoms with Crippen LogP contribution in [0.1, 0.15) is 11.3 Å². The van der Waals surface area contributed by atoms with Crippen molar-refractivity contribution >= 4 is 45.4 Å². The fourth-order valence-electron chi connectivity index (χ4n) is 4.21. The maximum atomic E-state index is 13.2. The number of fused-ring (bicyclic) bond motifs is 2. The molecule has 0 bridgehead atoms. The molecular weight excluding hydrogens is 476 g/mol. The van der Waals surface area contributed by atoms with E-state index in [4.69, 9.17) is 0 Å². The van der Waals surface area contributed by atoms with Gasteiger partial charge in [-0.25, -0.2) is 14.8 Å². The van der Waals surface area contributed by atoms with Crippen LogP contribution in [-0.2, 0) is 25.4 Å². The van der Waals surface area contributed by atoms with E-state index in [1.165, 1.54) is 23.4 Å². The second-order valence-electron chi connectivity index (χ2n) is 8.50. The molecule has 0 aliphatic rings. The lowest BCUT2D eigenvalue weighted by molar-refractivity contribution is -0.113. The van der Waals surface area contributed by atoms with Crippen molar-refractivity contribution in [2.75, 3.05) is 11.1 Å². The molecule has 0 saturated heterocycles. The summed E-state index contributed by atoms with van der Waals surface area (Å²) in [7, 11) is 3.04. The van der Waals surface area contributed by atoms with Crippen LogP contribution in [0.5, 0.6) is 0 Å². The molecule has 5 rings (SSSR count). The van der Waals surface area contributed by atoms with Crippen LogP contribution in [0.2, 0.25) is 0 Å². The predicted octanol–water partition coefficient (Wildman–Crippen LogP) is 3.07. The number of aryl methyl sites for hydroxylation is 2. The van der Waals surface area contributed by atoms with Crippen LogP contribution in [0.3, 0.4) is 0 Å². The lowest BCUT2D eigenvalue weighted by atomic mass is 10.0. The van der Waals surface area contributed by atoms with Crippen LogP contribution in [0, 0.1) is 6.92 Å². The molecule has 1 N–H and O–H groups in total. The minimum Gasteiger partial charge on any atom is -0.310 e. The largest absolute Gasteiger partial charge is 0.332 e. The van der Waals surface area contributed by atoms with E-state index >= 15 is 0 Å². The van der Waals surface area contributed by atoms with Crippen molar-refractivity contribution in [2.24, 2.45) is 14.1 Å². The number of pyridine rings is 1. The van der Waals surface area contributed by atoms with Crippen molar-refractivity contribution in [1.29, 1.82) is 0 Å². The molecule has 0 spiro atoms. The monoisotopic (exact) mass is 500 g/mol. The zero-order valence-electron chi connectivity index (χ0n) is 20.1. The summed E-state index contributed by atoms with van der Waals surface area (Å²) in [6.07, 6.45) is 0. The number of aromatic nitrogens is 5. The van der Waals surface area contributed by atoms with Crippen LogP contribution >= 0.6 is 11.8 Å². The van der Waals surface area contributed by atoms with Crippen molar-refractivity contribution < 1.29 is 4.79 Å². The number of carbonyl (C=O) groups excluding carboxylic acids is 1. The Morgan fingerprint density at radius 3 is 2.50 bits per heavy atom. The molecule has 0 aliphatic carbocycles. The molecule has 1 amide bonds. The molecule has 0 aliphatic heterocycles. The van der Waals surface area contributed by atoms with Gasteiger partial charge in [0.15, 0.2) is 16.3 Å². The predicted molar refractivity (Wildman–Crippen MR) is 142 cm³/mol. The lowest BCUT2D eigenvalue weighted by Gasteiger charge is -2.12. The van der Waals surface area contributed by atoms with Crippen LogP contribution < -0.4 is 16.6 Å². The van der Waals surface area contributed by atoms with E-state index < -0.39 is 11.2 Å². The van der Waals surface area contributed by atoms with E-state index in [1.54, 1.807) is 17.7 Å². The number of nitrogens with one attached hydrogen (secondary N) is 1. The van der Waals surface area contributed by atoms with E-state index in [0.717, 1.165) is 26.6 Å². The molecule has 9 nitrogen and oxygen atoms in total. The summed E-state index contributed by atoms with van der Waals surface area (Å²) in [6, 6.07) is 19.4. The van der Waals surface area contributed by atoms with Crippen LogP contribution in [0.25, 0.3) is 21.9 Å². The van der Waals surface area contributed by atoms with Crippen molar-refractivity contribution in [3.8, 4) is 0 Å². The molecule has 0 radical (unpaired) electrons. The van der Waals surface area contributed by atoms with Gasteiger partial charge in [-0.1, -0.05) is 60.3 Å². The first-order chi connectivity index (χ1) is 17.3. The number of imidazole rings is 1. The molecule has 0 fully saturated rings. The number of hydrogen-bond donors (Lipinski definition) is 1. The fraction of sp³-hybridized carbons (Fsp3) is 0.192. The Morgan fingerprint density at radius 1 is 0.944 bits per heavy atom. The third-order valence-electron chi connectivity index (χ3n) is 6.01. The molecule has 5 aromatic rings. The summed E-state index contributed by atoms with van der Waals surface area (Å²) in [5, 5.41) is 5.41. The highest BCUT2D eigenvalue weighted by atomic mass is 32.2. The van der Waals surface area contributed by atoms with Crippen molar-refractivity contribution in [3.05, 3.63) is 92.8 Å². The summed E-state index contributed by atoms with van der Waals surface area (Å²) < 4.78 is 4.23. The molecule has 2 aromatic carbocycles. The molecule has 3 aromatic heterocycles. The molecule has 0 unspecified atom stereocenters. The topological polar surface area (TPSA) is 104 Å². The quantitative estimate of drug-likeness (QED) is 0.360. The van der Waals surface area contributed by atoms with Gasteiger partial charge in [-0.2, -0.15) is 0 Å². The third-order valence-corrected chi connectivity index (χ3v) is 6.99. The summed E-state index contributed by atoms with van der Waals surface area (Å²) in [5.41, 5.74) is 1.51. The van der Waals surface area contributed by atoms with Crippen molar-refractivity contribution in [3.63, 3.8) is 0 Å². The number of hydrogen-bond acceptors (Lipinski definition) is 6. The van der Waals surface area contributed by atoms with Gasteiger partial charge in [0, 0.05) is 19.8 Å². The lowest BCUT2D eigenvalue weighted by Crippen LogP contribution is -2.37. The standard InChI is InChI=1S/C26H24N6O3S/c1-16-8-6-13-20(27-16)28-21(33)15-36-25-29-23-22(24(34)31(3)26(35)30(23)2)32(25)14-18-11-7-10-17-9-4-5-12-19(17)18/h4-13H,14-15H2,1-3H3,(H,27,28,33). The first kappa shape index (κ1) is 23.6. The van der Waals surface area contributed by atoms with Crippen LogP contribution in [0.15, 0.2) is 75.4 Å². The Hall–Kier alpha value is -4.18. The van der Waals surface area contributed by atoms with E-state index in [-0.39, 0.29) is 17.3 Å². The number of benzene rings is 2. The summed E-state index contributed by atoms with van der Waals surface area (Å²) in [4.78, 5) is 47.3. The van der Waals surface area contributed by atoms with Crippen LogP contribution in [0.4, 0.5) is 5.82 Å². The van der Waals surface area contributed by atoms with Crippen molar-refractivity contribution in [1.82, 2.24) is 23.7 Å². The normalized spacial score (nSPS) is 11.3. The highest BCUT2D eigenvalue weighted by Crippen LogP contribution is 2.26. The first-order valence-corrected chi connectivity index (χ1v) is 12.3. The Bertz CT molecular complexity index is 1750. The minimum atomic E-state index is -0.456. The van der Waals surface area contributed by atoms with Gasteiger partial charge < -0.3 is 9.88 Å². The number of amides is 1. The average molecular weight is 501 g/mol. The number of rotatable bonds is 6. The number of thioether (sulfide) groups is 1. The molecule has 0 atom stereocenters. The van der Waals surface area contributed by atoms with Gasteiger partial charge in [-0.15, -0.1) is 0 Å². The fourth-order valence-corrected chi connectivity index (χ4v) is 5.00. The van der Waals surface area contributed by atoms with Gasteiger partial charge in [0.25, 0.3) is 5.56 Å². The molecule has 182 valence electrons. The smallest absolute Gasteiger partial charge is 0.310 e. The second-order valence-corrected chi connectivity index (χ2v) is 9.44. The van der Waals surface area contributed by atoms with E-state index in [0.29, 0.717) is 23.0 Å². The minimum absolute atomic E-state index is 0.0583. The highest BCUT2D eigenvalue weighted by Gasteiger charge is 2.21. The Morgan fingerprint density at radius 2 is 1.69 bits per heavy atom. The van der Waals surface area contributed by atoms with Gasteiger partial charge in [0.1, 0.15) is 5.82 Å². The summed E-state index contributed by atoms with van der Waals surface area (Å²) in [5.74, 6) is 0.285. The maximum Gasteiger partial charge on any atom is 0.332 e. The van der Waals surface area contributed by atoms with Gasteiger partial charge >= 0.3 is 5.69 Å². The molecule has 36 heavy (non-hydrogen) atoms. The van der Waals surface area contributed by atoms with Gasteiger partial charge in [-0.3, -0.25) is 18.7 Å². The van der Waals surface area contributed by atoms with Crippen molar-refractivity contribution in [2.45, 2.75) is 18.6 Å². The molecule has 0 saturated carbocycles. The zero-order chi connectivity index (χ0) is 25.4. The Kier molecular flexibility index (Phi) is 6.19. The Labute approximate surface area is 210 Å². The average Bonchev–Trinajstić information content (AvgIpc) is 3.23. The highest BCUT2D eigenvalue weighted by molar-refractivity contribution is 7.99. The van der Waals surface area contributed by atoms with Gasteiger partial charge in [0.05, 0.1) is 12.3 Å². The zero-order valence-corrected chi connectivity index (χ0v) is 20.9. The molecule has 3 heterocycles. The van der Waals surface area contributed by atoms with Gasteiger partial charge in [-0.05, 0) is 35.4 Å². The second kappa shape index (κ2) is 9.46. The number of nitrogens with zero attached hydrogens (tertiary/aromatic N) is 5. The first-order valence-electron chi connectivity index (χ1n) is 11.3. The maximum absolute atomic E-state index is 13.2. The summed E-state index contributed by atoms with van der Waals surface area (Å²) >= 11 is 1.21. The van der Waals surface area contributed by atoms with E-state index in [9.17, 15) is 14.4 Å². The third kappa shape index (κ3) is 4.31. The SMILES string of the molecule is Cc1cccc(NC(=O)CSc2nc3c(c(=O)n(C)c(=O)n3C)n2Cc2cccc3ccccc23)n1. The Balaban J connectivity index is 1.56. The van der Waals surface area contributed by atoms with E-state index in [2.05, 4.69) is 15.3 Å². The molecule has 10 heteroatoms. The molecular formula is C26H24N6O3S. The summed E-state index contributed by atoms with van der Waals surface area (Å²) in [6.45, 7) is 2.21. The van der Waals surface area contributed by atoms with Gasteiger partial charge in [0.2, 0.25) is 5.91 Å².